The Kier molecular flexibility index (Phi) is 7.03. The smallest absolute Gasteiger partial charge is 0.251 e. The Hall–Kier alpha value is -4.51. The second kappa shape index (κ2) is 10.8. The third kappa shape index (κ3) is 4.99. The van der Waals surface area contributed by atoms with Gasteiger partial charge in [-0.25, -0.2) is 13.9 Å². The number of carbonyl (C=O) groups is 2. The molecule has 2 aliphatic carbocycles. The van der Waals surface area contributed by atoms with Crippen LogP contribution in [0, 0.1) is 11.7 Å². The van der Waals surface area contributed by atoms with E-state index in [1.165, 1.54) is 19.2 Å². The van der Waals surface area contributed by atoms with Crippen LogP contribution in [0.25, 0.3) is 16.8 Å². The van der Waals surface area contributed by atoms with Crippen molar-refractivity contribution in [1.82, 2.24) is 19.9 Å². The largest absolute Gasteiger partial charge is 0.489 e. The summed E-state index contributed by atoms with van der Waals surface area (Å²) in [5.41, 5.74) is 6.95. The van der Waals surface area contributed by atoms with Gasteiger partial charge in [0.05, 0.1) is 30.6 Å². The van der Waals surface area contributed by atoms with Crippen molar-refractivity contribution in [3.63, 3.8) is 0 Å². The van der Waals surface area contributed by atoms with Crippen molar-refractivity contribution in [2.24, 2.45) is 11.7 Å². The van der Waals surface area contributed by atoms with Crippen molar-refractivity contribution in [1.29, 1.82) is 0 Å². The van der Waals surface area contributed by atoms with Gasteiger partial charge < -0.3 is 25.6 Å². The third-order valence-corrected chi connectivity index (χ3v) is 9.74. The highest BCUT2D eigenvalue weighted by atomic mass is 19.1. The van der Waals surface area contributed by atoms with Gasteiger partial charge in [-0.15, -0.1) is 0 Å². The number of methoxy groups -OCH3 is 1. The minimum Gasteiger partial charge on any atom is -0.489 e. The van der Waals surface area contributed by atoms with Crippen LogP contribution >= 0.6 is 0 Å². The number of amides is 2. The molecule has 2 fully saturated rings. The second-order valence-electron chi connectivity index (χ2n) is 12.8. The summed E-state index contributed by atoms with van der Waals surface area (Å²) in [7, 11) is 1.54. The summed E-state index contributed by atoms with van der Waals surface area (Å²) in [6, 6.07) is 12.9. The number of fused-ring (bicyclic) bond motifs is 2. The van der Waals surface area contributed by atoms with E-state index in [1.807, 2.05) is 6.07 Å². The van der Waals surface area contributed by atoms with E-state index in [2.05, 4.69) is 10.4 Å². The fraction of sp³-hybridized carbons (Fsp3) is 0.412. The molecule has 0 spiro atoms. The topological polar surface area (TPSA) is 141 Å². The molecule has 7 rings (SSSR count). The maximum atomic E-state index is 13.9. The Morgan fingerprint density at radius 3 is 2.56 bits per heavy atom. The molecule has 3 aromatic heterocycles. The molecule has 10 nitrogen and oxygen atoms in total. The number of nitrogens with two attached hydrogens (primary N) is 1. The first-order valence-corrected chi connectivity index (χ1v) is 15.4. The van der Waals surface area contributed by atoms with Crippen LogP contribution in [0.5, 0.6) is 11.6 Å². The highest BCUT2D eigenvalue weighted by Crippen LogP contribution is 2.48. The fourth-order valence-electron chi connectivity index (χ4n) is 6.72. The third-order valence-electron chi connectivity index (χ3n) is 9.74. The summed E-state index contributed by atoms with van der Waals surface area (Å²) >= 11 is 0. The van der Waals surface area contributed by atoms with Gasteiger partial charge in [-0.2, -0.15) is 5.10 Å². The zero-order valence-electron chi connectivity index (χ0n) is 25.3. The number of halogens is 1. The van der Waals surface area contributed by atoms with E-state index in [4.69, 9.17) is 20.2 Å². The lowest BCUT2D eigenvalue weighted by molar-refractivity contribution is -0.123. The van der Waals surface area contributed by atoms with Crippen LogP contribution in [-0.4, -0.2) is 51.8 Å². The van der Waals surface area contributed by atoms with Crippen LogP contribution in [0.1, 0.15) is 78.7 Å². The Morgan fingerprint density at radius 2 is 1.89 bits per heavy atom. The molecule has 2 saturated carbocycles. The number of aromatic nitrogens is 3. The summed E-state index contributed by atoms with van der Waals surface area (Å²) in [4.78, 5) is 31.2. The second-order valence-corrected chi connectivity index (χ2v) is 12.8. The lowest BCUT2D eigenvalue weighted by Gasteiger charge is -2.35. The number of pyridine rings is 2. The average molecular weight is 614 g/mol. The molecule has 0 bridgehead atoms. The van der Waals surface area contributed by atoms with Gasteiger partial charge in [-0.3, -0.25) is 9.59 Å². The number of rotatable bonds is 9. The van der Waals surface area contributed by atoms with Gasteiger partial charge in [0.1, 0.15) is 34.9 Å². The summed E-state index contributed by atoms with van der Waals surface area (Å²) < 4.78 is 27.1. The predicted molar refractivity (Wildman–Crippen MR) is 164 cm³/mol. The van der Waals surface area contributed by atoms with Crippen molar-refractivity contribution in [2.45, 2.75) is 62.4 Å². The van der Waals surface area contributed by atoms with E-state index in [1.54, 1.807) is 41.8 Å². The zero-order valence-corrected chi connectivity index (χ0v) is 25.3. The summed E-state index contributed by atoms with van der Waals surface area (Å²) in [6.07, 6.45) is 5.53. The molecular formula is C34H36FN5O5. The lowest BCUT2D eigenvalue weighted by atomic mass is 9.78. The van der Waals surface area contributed by atoms with E-state index in [-0.39, 0.29) is 25.0 Å². The summed E-state index contributed by atoms with van der Waals surface area (Å²) in [5, 5.41) is 20.2. The summed E-state index contributed by atoms with van der Waals surface area (Å²) in [5.74, 6) is -0.327. The minimum absolute atomic E-state index is 0.0109. The average Bonchev–Trinajstić information content (AvgIpc) is 3.40. The Balaban J connectivity index is 1.28. The molecule has 4 heterocycles. The number of benzene rings is 1. The Morgan fingerprint density at radius 1 is 1.16 bits per heavy atom. The first kappa shape index (κ1) is 29.2. The SMILES string of the molecule is COc1cc(C(=O)NCC(O)(c2cc3c(c(-c4ccc(F)cc4)n2)OC[C@]3(C)C(N)=O)C2CCCC2)cc2cc(C3CC3)nn12. The van der Waals surface area contributed by atoms with Crippen molar-refractivity contribution in [3.8, 4) is 22.9 Å². The quantitative estimate of drug-likeness (QED) is 0.255. The van der Waals surface area contributed by atoms with Crippen molar-refractivity contribution >= 4 is 17.3 Å². The van der Waals surface area contributed by atoms with Crippen molar-refractivity contribution in [2.75, 3.05) is 20.3 Å². The number of ether oxygens (including phenoxy) is 2. The monoisotopic (exact) mass is 613 g/mol. The number of hydrogen-bond acceptors (Lipinski definition) is 7. The molecule has 3 aliphatic rings. The summed E-state index contributed by atoms with van der Waals surface area (Å²) in [6.45, 7) is 1.58. The van der Waals surface area contributed by atoms with Gasteiger partial charge >= 0.3 is 0 Å². The van der Waals surface area contributed by atoms with Crippen LogP contribution in [-0.2, 0) is 15.8 Å². The van der Waals surface area contributed by atoms with Gasteiger partial charge in [-0.05, 0) is 81.0 Å². The number of hydrogen-bond donors (Lipinski definition) is 3. The molecule has 4 N–H and O–H groups in total. The van der Waals surface area contributed by atoms with E-state index < -0.39 is 22.7 Å². The van der Waals surface area contributed by atoms with Gasteiger partial charge in [0.25, 0.3) is 5.91 Å². The maximum absolute atomic E-state index is 13.9. The van der Waals surface area contributed by atoms with Crippen LogP contribution in [0.3, 0.4) is 0 Å². The molecular weight excluding hydrogens is 577 g/mol. The van der Waals surface area contributed by atoms with Crippen LogP contribution < -0.4 is 20.5 Å². The number of nitrogens with zero attached hydrogens (tertiary/aromatic N) is 3. The Labute approximate surface area is 259 Å². The van der Waals surface area contributed by atoms with Crippen molar-refractivity contribution < 1.29 is 28.6 Å². The van der Waals surface area contributed by atoms with E-state index in [0.29, 0.717) is 45.6 Å². The van der Waals surface area contributed by atoms with Gasteiger partial charge in [0.2, 0.25) is 11.8 Å². The predicted octanol–water partition coefficient (Wildman–Crippen LogP) is 4.36. The highest BCUT2D eigenvalue weighted by Gasteiger charge is 2.47. The van der Waals surface area contributed by atoms with E-state index in [0.717, 1.165) is 49.7 Å². The van der Waals surface area contributed by atoms with Crippen molar-refractivity contribution in [3.05, 3.63) is 76.9 Å². The maximum Gasteiger partial charge on any atom is 0.251 e. The standard InChI is InChI=1S/C34H36FN5O5/c1-33(32(36)42)18-45-30-25(33)16-27(38-29(30)20-9-11-23(35)12-10-20)34(43,22-5-3-4-6-22)17-37-31(41)21-13-24-15-26(19-7-8-19)39-40(24)28(14-21)44-2/h9-16,19,22,43H,3-8,17-18H2,1-2H3,(H2,36,42)(H,37,41)/t33-,34?/m0/s1. The highest BCUT2D eigenvalue weighted by molar-refractivity contribution is 5.96. The molecule has 1 unspecified atom stereocenters. The normalized spacial score (nSPS) is 20.9. The van der Waals surface area contributed by atoms with E-state index >= 15 is 0 Å². The van der Waals surface area contributed by atoms with Gasteiger partial charge in [0, 0.05) is 28.7 Å². The van der Waals surface area contributed by atoms with Gasteiger partial charge in [0.15, 0.2) is 0 Å². The molecule has 234 valence electrons. The van der Waals surface area contributed by atoms with E-state index in [9.17, 15) is 19.1 Å². The van der Waals surface area contributed by atoms with Crippen LogP contribution in [0.2, 0.25) is 0 Å². The van der Waals surface area contributed by atoms with Gasteiger partial charge in [-0.1, -0.05) is 12.8 Å². The zero-order chi connectivity index (χ0) is 31.5. The first-order chi connectivity index (χ1) is 21.6. The van der Waals surface area contributed by atoms with Crippen LogP contribution in [0.15, 0.2) is 48.5 Å². The molecule has 0 saturated heterocycles. The molecule has 45 heavy (non-hydrogen) atoms. The number of aliphatic hydroxyl groups is 1. The minimum atomic E-state index is -1.58. The fourth-order valence-corrected chi connectivity index (χ4v) is 6.72. The molecule has 1 aliphatic heterocycles. The number of nitrogens with one attached hydrogen (secondary N) is 1. The molecule has 2 amide bonds. The molecule has 11 heteroatoms. The number of carbonyl (C=O) groups excluding carboxylic acids is 2. The molecule has 1 aromatic carbocycles. The molecule has 4 aromatic rings. The Bertz CT molecular complexity index is 1810. The lowest BCUT2D eigenvalue weighted by Crippen LogP contribution is -2.46. The number of primary amides is 1. The van der Waals surface area contributed by atoms with Crippen LogP contribution in [0.4, 0.5) is 4.39 Å². The first-order valence-electron chi connectivity index (χ1n) is 15.4. The molecule has 0 radical (unpaired) electrons. The molecule has 2 atom stereocenters.